The van der Waals surface area contributed by atoms with Crippen LogP contribution in [0.3, 0.4) is 0 Å². The molecule has 0 atom stereocenters. The predicted octanol–water partition coefficient (Wildman–Crippen LogP) is 13.2. The Bertz CT molecular complexity index is 2610. The molecule has 0 unspecified atom stereocenters. The van der Waals surface area contributed by atoms with Crippen LogP contribution in [0.4, 0.5) is 39.8 Å². The third-order valence-electron chi connectivity index (χ3n) is 9.69. The van der Waals surface area contributed by atoms with Crippen LogP contribution < -0.4 is 20.6 Å². The SMILES string of the molecule is NOOc1cc(C=Cc2ccc(N(c3ccccc3)c3ccccc3)cc2)cc2c([N+](=O)[O-])cc(C=Cc3ccc(N(c4ccccc4)c4ccccc4)cc3)cc12. The summed E-state index contributed by atoms with van der Waals surface area (Å²) in [6, 6.07) is 64.0. The second-order valence-electron chi connectivity index (χ2n) is 13.5. The van der Waals surface area contributed by atoms with Gasteiger partial charge in [-0.1, -0.05) is 126 Å². The van der Waals surface area contributed by atoms with Gasteiger partial charge in [-0.25, -0.2) is 0 Å². The highest BCUT2D eigenvalue weighted by atomic mass is 17.3. The van der Waals surface area contributed by atoms with Crippen LogP contribution in [0.15, 0.2) is 194 Å². The number of para-hydroxylation sites is 4. The lowest BCUT2D eigenvalue weighted by Crippen LogP contribution is -2.09. The lowest BCUT2D eigenvalue weighted by Gasteiger charge is -2.25. The van der Waals surface area contributed by atoms with Crippen LogP contribution in [0.1, 0.15) is 22.3 Å². The Kier molecular flexibility index (Phi) is 11.1. The molecule has 0 radical (unpaired) electrons. The summed E-state index contributed by atoms with van der Waals surface area (Å²) < 4.78 is 0. The molecule has 0 fully saturated rings. The maximum atomic E-state index is 12.5. The van der Waals surface area contributed by atoms with Crippen molar-refractivity contribution in [3.63, 3.8) is 0 Å². The van der Waals surface area contributed by atoms with E-state index >= 15 is 0 Å². The van der Waals surface area contributed by atoms with Crippen LogP contribution in [-0.2, 0) is 4.99 Å². The topological polar surface area (TPSA) is 94.1 Å². The molecule has 8 aromatic carbocycles. The smallest absolute Gasteiger partial charge is 0.277 e. The van der Waals surface area contributed by atoms with Gasteiger partial charge in [0.25, 0.3) is 5.69 Å². The van der Waals surface area contributed by atoms with Crippen molar-refractivity contribution < 1.29 is 14.8 Å². The molecule has 0 aliphatic rings. The second kappa shape index (κ2) is 17.3. The zero-order chi connectivity index (χ0) is 39.7. The number of rotatable bonds is 13. The number of hydrogen-bond donors (Lipinski definition) is 1. The van der Waals surface area contributed by atoms with Crippen LogP contribution in [0, 0.1) is 10.1 Å². The number of nitrogens with two attached hydrogens (primary N) is 1. The normalized spacial score (nSPS) is 11.3. The zero-order valence-electron chi connectivity index (χ0n) is 31.3. The molecule has 8 aromatic rings. The van der Waals surface area contributed by atoms with E-state index in [-0.39, 0.29) is 16.4 Å². The Morgan fingerprint density at radius 2 is 0.776 bits per heavy atom. The van der Waals surface area contributed by atoms with Gasteiger partial charge in [-0.05, 0) is 113 Å². The van der Waals surface area contributed by atoms with E-state index in [1.54, 1.807) is 18.2 Å². The lowest BCUT2D eigenvalue weighted by atomic mass is 10.00. The van der Waals surface area contributed by atoms with Gasteiger partial charge in [0.05, 0.1) is 10.3 Å². The van der Waals surface area contributed by atoms with Gasteiger partial charge in [0.2, 0.25) is 0 Å². The van der Waals surface area contributed by atoms with E-state index in [1.165, 1.54) is 0 Å². The molecule has 8 heteroatoms. The molecular formula is C50H38N4O4. The minimum absolute atomic E-state index is 0.0720. The van der Waals surface area contributed by atoms with Crippen molar-refractivity contribution in [3.05, 3.63) is 226 Å². The fraction of sp³-hybridized carbons (Fsp3) is 0. The highest BCUT2D eigenvalue weighted by Crippen LogP contribution is 2.38. The molecule has 282 valence electrons. The Labute approximate surface area is 336 Å². The molecule has 0 saturated heterocycles. The molecule has 2 N–H and O–H groups in total. The summed E-state index contributed by atoms with van der Waals surface area (Å²) in [4.78, 5) is 26.5. The molecule has 58 heavy (non-hydrogen) atoms. The van der Waals surface area contributed by atoms with Crippen molar-refractivity contribution in [2.24, 2.45) is 5.90 Å². The summed E-state index contributed by atoms with van der Waals surface area (Å²) in [6.07, 6.45) is 7.59. The Balaban J connectivity index is 1.06. The van der Waals surface area contributed by atoms with Crippen molar-refractivity contribution in [2.45, 2.75) is 0 Å². The number of non-ortho nitro benzene ring substituents is 1. The van der Waals surface area contributed by atoms with Crippen LogP contribution in [0.2, 0.25) is 0 Å². The minimum atomic E-state index is -0.388. The summed E-state index contributed by atoms with van der Waals surface area (Å²) >= 11 is 0. The number of fused-ring (bicyclic) bond motifs is 1. The highest BCUT2D eigenvalue weighted by Gasteiger charge is 2.18. The number of nitro groups is 1. The van der Waals surface area contributed by atoms with Gasteiger partial charge in [0, 0.05) is 45.6 Å². The molecule has 0 bridgehead atoms. The van der Waals surface area contributed by atoms with Gasteiger partial charge in [0.1, 0.15) is 0 Å². The standard InChI is InChI=1S/C50H38N4O4/c51-58-57-50-36-40(24-22-38-27-31-46(32-28-38)53(43-17-9-3-10-18-43)44-19-11-4-12-20-44)33-47-48(50)34-39(35-49(47)54(55)56)23-21-37-25-29-45(30-26-37)52(41-13-5-1-6-14-41)42-15-7-2-8-16-42/h1-36H,51H2. The third-order valence-corrected chi connectivity index (χ3v) is 9.69. The van der Waals surface area contributed by atoms with Gasteiger partial charge >= 0.3 is 0 Å². The van der Waals surface area contributed by atoms with Gasteiger partial charge in [-0.15, -0.1) is 0 Å². The summed E-state index contributed by atoms with van der Waals surface area (Å²) in [5.41, 5.74) is 9.27. The van der Waals surface area contributed by atoms with E-state index in [0.29, 0.717) is 21.9 Å². The second-order valence-corrected chi connectivity index (χ2v) is 13.5. The Morgan fingerprint density at radius 1 is 0.431 bits per heavy atom. The average molecular weight is 759 g/mol. The van der Waals surface area contributed by atoms with Crippen LogP contribution in [-0.4, -0.2) is 4.92 Å². The Morgan fingerprint density at radius 3 is 1.16 bits per heavy atom. The predicted molar refractivity (Wildman–Crippen MR) is 237 cm³/mol. The summed E-state index contributed by atoms with van der Waals surface area (Å²) in [5, 5.41) is 13.4. The summed E-state index contributed by atoms with van der Waals surface area (Å²) in [6.45, 7) is 0. The van der Waals surface area contributed by atoms with Gasteiger partial charge in [-0.3, -0.25) is 10.1 Å². The molecule has 0 aromatic heterocycles. The fourth-order valence-electron chi connectivity index (χ4n) is 6.97. The van der Waals surface area contributed by atoms with Crippen molar-refractivity contribution in [2.75, 3.05) is 9.80 Å². The third kappa shape index (κ3) is 8.39. The first kappa shape index (κ1) is 37.2. The first-order valence-corrected chi connectivity index (χ1v) is 18.7. The van der Waals surface area contributed by atoms with Gasteiger partial charge in [0.15, 0.2) is 5.75 Å². The molecule has 8 rings (SSSR count). The monoisotopic (exact) mass is 758 g/mol. The van der Waals surface area contributed by atoms with Crippen molar-refractivity contribution in [1.82, 2.24) is 0 Å². The van der Waals surface area contributed by atoms with E-state index in [9.17, 15) is 10.1 Å². The molecule has 0 heterocycles. The zero-order valence-corrected chi connectivity index (χ0v) is 31.3. The van der Waals surface area contributed by atoms with Crippen molar-refractivity contribution in [1.29, 1.82) is 0 Å². The van der Waals surface area contributed by atoms with E-state index in [0.717, 1.165) is 45.3 Å². The first-order valence-electron chi connectivity index (χ1n) is 18.7. The van der Waals surface area contributed by atoms with E-state index < -0.39 is 0 Å². The number of hydrogen-bond acceptors (Lipinski definition) is 7. The number of benzene rings is 8. The fourth-order valence-corrected chi connectivity index (χ4v) is 6.97. The molecule has 8 nitrogen and oxygen atoms in total. The highest BCUT2D eigenvalue weighted by molar-refractivity contribution is 5.99. The maximum Gasteiger partial charge on any atom is 0.277 e. The minimum Gasteiger partial charge on any atom is -0.319 e. The van der Waals surface area contributed by atoms with Gasteiger partial charge < -0.3 is 14.7 Å². The number of anilines is 6. The van der Waals surface area contributed by atoms with Crippen molar-refractivity contribution in [3.8, 4) is 5.75 Å². The van der Waals surface area contributed by atoms with Crippen LogP contribution >= 0.6 is 0 Å². The summed E-state index contributed by atoms with van der Waals surface area (Å²) in [5.74, 6) is 5.62. The molecule has 0 aliphatic carbocycles. The largest absolute Gasteiger partial charge is 0.319 e. The van der Waals surface area contributed by atoms with Crippen LogP contribution in [0.5, 0.6) is 5.75 Å². The molecule has 0 spiro atoms. The summed E-state index contributed by atoms with van der Waals surface area (Å²) in [7, 11) is 0. The number of nitro benzene ring substituents is 1. The van der Waals surface area contributed by atoms with E-state index in [1.807, 2.05) is 127 Å². The molecule has 0 aliphatic heterocycles. The number of nitrogens with zero attached hydrogens (tertiary/aromatic N) is 3. The van der Waals surface area contributed by atoms with E-state index in [4.69, 9.17) is 10.8 Å². The van der Waals surface area contributed by atoms with Gasteiger partial charge in [-0.2, -0.15) is 5.90 Å². The maximum absolute atomic E-state index is 12.5. The average Bonchev–Trinajstić information content (AvgIpc) is 3.27. The lowest BCUT2D eigenvalue weighted by molar-refractivity contribution is -0.383. The molecule has 0 saturated carbocycles. The van der Waals surface area contributed by atoms with E-state index in [2.05, 4.69) is 87.6 Å². The van der Waals surface area contributed by atoms with Crippen LogP contribution in [0.25, 0.3) is 35.1 Å². The first-order chi connectivity index (χ1) is 28.5. The quantitative estimate of drug-likeness (QED) is 0.0541. The molecular weight excluding hydrogens is 721 g/mol. The Hall–Kier alpha value is -7.78. The van der Waals surface area contributed by atoms with Crippen molar-refractivity contribution >= 4 is 74.9 Å². The molecule has 0 amide bonds.